The molecule has 0 aromatic heterocycles. The summed E-state index contributed by atoms with van der Waals surface area (Å²) in [6, 6.07) is 13.0. The third-order valence-electron chi connectivity index (χ3n) is 5.14. The Morgan fingerprint density at radius 3 is 2.38 bits per heavy atom. The van der Waals surface area contributed by atoms with Crippen LogP contribution >= 0.6 is 0 Å². The lowest BCUT2D eigenvalue weighted by atomic mass is 10.1. The third kappa shape index (κ3) is 5.56. The monoisotopic (exact) mass is 419 g/mol. The number of hydrogen-bond donors (Lipinski definition) is 0. The molecular weight excluding hydrogens is 393 g/mol. The van der Waals surface area contributed by atoms with Gasteiger partial charge in [-0.25, -0.2) is 12.8 Å². The average Bonchev–Trinajstić information content (AvgIpc) is 3.06. The summed E-state index contributed by atoms with van der Waals surface area (Å²) in [6.07, 6.45) is 0.0710. The molecule has 2 unspecified atom stereocenters. The Morgan fingerprint density at radius 2 is 1.83 bits per heavy atom. The summed E-state index contributed by atoms with van der Waals surface area (Å²) >= 11 is 0. The molecule has 2 aromatic carbocycles. The van der Waals surface area contributed by atoms with Crippen molar-refractivity contribution in [2.24, 2.45) is 0 Å². The summed E-state index contributed by atoms with van der Waals surface area (Å²) in [6.45, 7) is 4.14. The second-order valence-electron chi connectivity index (χ2n) is 7.48. The summed E-state index contributed by atoms with van der Waals surface area (Å²) in [5.41, 5.74) is 2.05. The van der Waals surface area contributed by atoms with Gasteiger partial charge in [0.25, 0.3) is 5.91 Å². The summed E-state index contributed by atoms with van der Waals surface area (Å²) in [7, 11) is -3.15. The highest BCUT2D eigenvalue weighted by Gasteiger charge is 2.37. The molecule has 1 amide bonds. The second kappa shape index (κ2) is 8.95. The van der Waals surface area contributed by atoms with Crippen LogP contribution in [0.25, 0.3) is 0 Å². The number of ether oxygens (including phenoxy) is 1. The smallest absolute Gasteiger partial charge is 0.264 e. The first-order valence-corrected chi connectivity index (χ1v) is 11.6. The van der Waals surface area contributed by atoms with E-state index in [-0.39, 0.29) is 29.3 Å². The summed E-state index contributed by atoms with van der Waals surface area (Å²) in [4.78, 5) is 15.0. The SMILES string of the molecule is CCC(Oc1ccc(F)cc1)C(=O)N(Cc1ccc(C)cc1)C1CCS(=O)(=O)C1. The van der Waals surface area contributed by atoms with E-state index in [9.17, 15) is 17.6 Å². The van der Waals surface area contributed by atoms with E-state index in [1.54, 1.807) is 4.90 Å². The number of benzene rings is 2. The quantitative estimate of drug-likeness (QED) is 0.689. The zero-order valence-corrected chi connectivity index (χ0v) is 17.5. The highest BCUT2D eigenvalue weighted by atomic mass is 32.2. The number of rotatable bonds is 7. The van der Waals surface area contributed by atoms with E-state index in [0.717, 1.165) is 11.1 Å². The van der Waals surface area contributed by atoms with Crippen LogP contribution in [0.3, 0.4) is 0 Å². The topological polar surface area (TPSA) is 63.7 Å². The number of hydrogen-bond acceptors (Lipinski definition) is 4. The molecule has 1 fully saturated rings. The van der Waals surface area contributed by atoms with Crippen LogP contribution in [0.4, 0.5) is 4.39 Å². The van der Waals surface area contributed by atoms with Crippen LogP contribution in [-0.2, 0) is 21.2 Å². The van der Waals surface area contributed by atoms with Gasteiger partial charge in [-0.2, -0.15) is 0 Å². The van der Waals surface area contributed by atoms with Crippen LogP contribution < -0.4 is 4.74 Å². The lowest BCUT2D eigenvalue weighted by Crippen LogP contribution is -2.47. The molecule has 0 spiro atoms. The first-order chi connectivity index (χ1) is 13.8. The Bertz CT molecular complexity index is 942. The first kappa shape index (κ1) is 21.3. The summed E-state index contributed by atoms with van der Waals surface area (Å²) in [5.74, 6) is -0.169. The maximum Gasteiger partial charge on any atom is 0.264 e. The molecule has 2 aromatic rings. The summed E-state index contributed by atoms with van der Waals surface area (Å²) in [5, 5.41) is 0. The van der Waals surface area contributed by atoms with E-state index in [4.69, 9.17) is 4.74 Å². The molecule has 1 aliphatic rings. The van der Waals surface area contributed by atoms with Gasteiger partial charge in [-0.3, -0.25) is 4.79 Å². The Kier molecular flexibility index (Phi) is 6.57. The van der Waals surface area contributed by atoms with Crippen LogP contribution in [0.1, 0.15) is 30.9 Å². The fourth-order valence-corrected chi connectivity index (χ4v) is 5.20. The van der Waals surface area contributed by atoms with Gasteiger partial charge in [0.05, 0.1) is 11.5 Å². The number of nitrogens with zero attached hydrogens (tertiary/aromatic N) is 1. The van der Waals surface area contributed by atoms with Crippen LogP contribution in [0.15, 0.2) is 48.5 Å². The predicted molar refractivity (Wildman–Crippen MR) is 110 cm³/mol. The van der Waals surface area contributed by atoms with E-state index < -0.39 is 15.9 Å². The maximum atomic E-state index is 13.3. The van der Waals surface area contributed by atoms with Crippen LogP contribution in [0.5, 0.6) is 5.75 Å². The van der Waals surface area contributed by atoms with Crippen molar-refractivity contribution in [2.45, 2.75) is 45.4 Å². The molecule has 0 N–H and O–H groups in total. The molecule has 0 aliphatic carbocycles. The number of sulfone groups is 1. The van der Waals surface area contributed by atoms with Crippen molar-refractivity contribution < 1.29 is 22.3 Å². The highest BCUT2D eigenvalue weighted by molar-refractivity contribution is 7.91. The van der Waals surface area contributed by atoms with Crippen molar-refractivity contribution >= 4 is 15.7 Å². The van der Waals surface area contributed by atoms with E-state index in [1.807, 2.05) is 38.1 Å². The lowest BCUT2D eigenvalue weighted by molar-refractivity contribution is -0.141. The van der Waals surface area contributed by atoms with Gasteiger partial charge < -0.3 is 9.64 Å². The molecule has 5 nitrogen and oxygen atoms in total. The van der Waals surface area contributed by atoms with Crippen molar-refractivity contribution in [1.82, 2.24) is 4.90 Å². The summed E-state index contributed by atoms with van der Waals surface area (Å²) < 4.78 is 43.0. The minimum atomic E-state index is -3.15. The lowest BCUT2D eigenvalue weighted by Gasteiger charge is -2.32. The minimum Gasteiger partial charge on any atom is -0.481 e. The molecule has 0 radical (unpaired) electrons. The molecular formula is C22H26FNO4S. The van der Waals surface area contributed by atoms with E-state index >= 15 is 0 Å². The molecule has 3 rings (SSSR count). The standard InChI is InChI=1S/C22H26FNO4S/c1-3-21(28-20-10-8-18(23)9-11-20)22(25)24(19-12-13-29(26,27)15-19)14-17-6-4-16(2)5-7-17/h4-11,19,21H,3,12-15H2,1-2H3. The number of halogens is 1. The minimum absolute atomic E-state index is 0.0302. The largest absolute Gasteiger partial charge is 0.481 e. The van der Waals surface area contributed by atoms with Gasteiger partial charge >= 0.3 is 0 Å². The van der Waals surface area contributed by atoms with Crippen molar-refractivity contribution in [3.05, 3.63) is 65.5 Å². The number of amides is 1. The number of carbonyl (C=O) groups excluding carboxylic acids is 1. The van der Waals surface area contributed by atoms with Gasteiger partial charge in [0.2, 0.25) is 0 Å². The molecule has 29 heavy (non-hydrogen) atoms. The Balaban J connectivity index is 1.83. The Morgan fingerprint density at radius 1 is 1.17 bits per heavy atom. The fraction of sp³-hybridized carbons (Fsp3) is 0.409. The van der Waals surface area contributed by atoms with Crippen molar-refractivity contribution in [1.29, 1.82) is 0 Å². The highest BCUT2D eigenvalue weighted by Crippen LogP contribution is 2.23. The Labute approximate surface area is 171 Å². The van der Waals surface area contributed by atoms with Gasteiger partial charge in [0.1, 0.15) is 11.6 Å². The average molecular weight is 420 g/mol. The molecule has 0 saturated carbocycles. The van der Waals surface area contributed by atoms with Crippen molar-refractivity contribution in [3.8, 4) is 5.75 Å². The van der Waals surface area contributed by atoms with Gasteiger partial charge in [-0.15, -0.1) is 0 Å². The van der Waals surface area contributed by atoms with E-state index in [1.165, 1.54) is 24.3 Å². The van der Waals surface area contributed by atoms with Crippen LogP contribution in [0.2, 0.25) is 0 Å². The van der Waals surface area contributed by atoms with Crippen molar-refractivity contribution in [3.63, 3.8) is 0 Å². The number of aryl methyl sites for hydroxylation is 1. The first-order valence-electron chi connectivity index (χ1n) is 9.76. The van der Waals surface area contributed by atoms with Gasteiger partial charge in [-0.1, -0.05) is 36.8 Å². The Hall–Kier alpha value is -2.41. The van der Waals surface area contributed by atoms with Crippen LogP contribution in [0, 0.1) is 12.7 Å². The van der Waals surface area contributed by atoms with E-state index in [2.05, 4.69) is 0 Å². The number of carbonyl (C=O) groups is 1. The fourth-order valence-electron chi connectivity index (χ4n) is 3.47. The molecule has 0 bridgehead atoms. The molecule has 1 aliphatic heterocycles. The zero-order valence-electron chi connectivity index (χ0n) is 16.7. The van der Waals surface area contributed by atoms with E-state index in [0.29, 0.717) is 25.1 Å². The molecule has 2 atom stereocenters. The maximum absolute atomic E-state index is 13.3. The third-order valence-corrected chi connectivity index (χ3v) is 6.89. The van der Waals surface area contributed by atoms with Gasteiger partial charge in [0, 0.05) is 12.6 Å². The van der Waals surface area contributed by atoms with Crippen molar-refractivity contribution in [2.75, 3.05) is 11.5 Å². The second-order valence-corrected chi connectivity index (χ2v) is 9.71. The van der Waals surface area contributed by atoms with Gasteiger partial charge in [-0.05, 0) is 49.6 Å². The molecule has 1 saturated heterocycles. The zero-order chi connectivity index (χ0) is 21.0. The molecule has 7 heteroatoms. The van der Waals surface area contributed by atoms with Gasteiger partial charge in [0.15, 0.2) is 15.9 Å². The predicted octanol–water partition coefficient (Wildman–Crippen LogP) is 3.51. The normalized spacial score (nSPS) is 18.9. The van der Waals surface area contributed by atoms with Crippen LogP contribution in [-0.4, -0.2) is 42.9 Å². The molecule has 156 valence electrons. The molecule has 1 heterocycles.